The van der Waals surface area contributed by atoms with E-state index in [2.05, 4.69) is 21.7 Å². The number of imidazole rings is 1. The minimum absolute atomic E-state index is 0.0937. The maximum atomic E-state index is 12.9. The van der Waals surface area contributed by atoms with Gasteiger partial charge in [-0.05, 0) is 25.3 Å². The molecule has 0 radical (unpaired) electrons. The van der Waals surface area contributed by atoms with Gasteiger partial charge in [-0.25, -0.2) is 4.98 Å². The van der Waals surface area contributed by atoms with Crippen molar-refractivity contribution in [1.82, 2.24) is 14.5 Å². The molecule has 0 spiro atoms. The lowest BCUT2D eigenvalue weighted by Gasteiger charge is -2.39. The molecule has 2 atom stereocenters. The monoisotopic (exact) mass is 340 g/mol. The van der Waals surface area contributed by atoms with Crippen LogP contribution in [0.1, 0.15) is 44.0 Å². The summed E-state index contributed by atoms with van der Waals surface area (Å²) in [6.45, 7) is 3.28. The second-order valence-corrected chi connectivity index (χ2v) is 7.46. The third-order valence-corrected chi connectivity index (χ3v) is 5.30. The van der Waals surface area contributed by atoms with Gasteiger partial charge in [0.05, 0.1) is 12.5 Å². The van der Waals surface area contributed by atoms with Crippen LogP contribution in [-0.4, -0.2) is 32.9 Å². The van der Waals surface area contributed by atoms with E-state index < -0.39 is 5.54 Å². The summed E-state index contributed by atoms with van der Waals surface area (Å²) in [4.78, 5) is 19.2. The highest BCUT2D eigenvalue weighted by Crippen LogP contribution is 2.32. The Bertz CT molecular complexity index is 707. The van der Waals surface area contributed by atoms with Crippen LogP contribution in [0.5, 0.6) is 0 Å². The van der Waals surface area contributed by atoms with E-state index in [4.69, 9.17) is 5.73 Å². The summed E-state index contributed by atoms with van der Waals surface area (Å²) in [5.74, 6) is 0.942. The molecule has 2 N–H and O–H groups in total. The van der Waals surface area contributed by atoms with Crippen molar-refractivity contribution in [3.63, 3.8) is 0 Å². The van der Waals surface area contributed by atoms with E-state index in [-0.39, 0.29) is 11.8 Å². The van der Waals surface area contributed by atoms with Gasteiger partial charge in [-0.1, -0.05) is 43.2 Å². The number of benzene rings is 1. The summed E-state index contributed by atoms with van der Waals surface area (Å²) >= 11 is 0. The molecule has 5 nitrogen and oxygen atoms in total. The zero-order valence-electron chi connectivity index (χ0n) is 15.2. The van der Waals surface area contributed by atoms with Crippen LogP contribution in [-0.2, 0) is 17.9 Å². The second-order valence-electron chi connectivity index (χ2n) is 7.46. The Morgan fingerprint density at radius 1 is 1.36 bits per heavy atom. The van der Waals surface area contributed by atoms with Crippen molar-refractivity contribution in [2.24, 2.45) is 11.7 Å². The number of aromatic nitrogens is 2. The molecule has 0 saturated heterocycles. The van der Waals surface area contributed by atoms with Crippen LogP contribution in [0, 0.1) is 5.92 Å². The van der Waals surface area contributed by atoms with Crippen molar-refractivity contribution in [3.05, 3.63) is 54.1 Å². The van der Waals surface area contributed by atoms with E-state index >= 15 is 0 Å². The third kappa shape index (κ3) is 4.10. The fraction of sp³-hybridized carbons (Fsp3) is 0.500. The molecule has 1 aromatic heterocycles. The summed E-state index contributed by atoms with van der Waals surface area (Å²) in [6.07, 6.45) is 7.76. The van der Waals surface area contributed by atoms with Crippen molar-refractivity contribution in [1.29, 1.82) is 0 Å². The molecular formula is C20H28N4O. The van der Waals surface area contributed by atoms with Gasteiger partial charge in [0.1, 0.15) is 5.82 Å². The highest BCUT2D eigenvalue weighted by molar-refractivity contribution is 5.80. The van der Waals surface area contributed by atoms with Gasteiger partial charge in [-0.3, -0.25) is 4.79 Å². The van der Waals surface area contributed by atoms with Crippen molar-refractivity contribution < 1.29 is 4.79 Å². The fourth-order valence-corrected chi connectivity index (χ4v) is 3.74. The molecule has 1 amide bonds. The summed E-state index contributed by atoms with van der Waals surface area (Å²) in [7, 11) is 1.86. The first-order valence-corrected chi connectivity index (χ1v) is 9.05. The number of nitrogens with two attached hydrogens (primary N) is 1. The lowest BCUT2D eigenvalue weighted by atomic mass is 9.74. The van der Waals surface area contributed by atoms with Crippen LogP contribution in [0.3, 0.4) is 0 Å². The first kappa shape index (κ1) is 17.7. The lowest BCUT2D eigenvalue weighted by Crippen LogP contribution is -2.53. The van der Waals surface area contributed by atoms with Crippen molar-refractivity contribution in [3.8, 4) is 0 Å². The van der Waals surface area contributed by atoms with Gasteiger partial charge >= 0.3 is 0 Å². The quantitative estimate of drug-likeness (QED) is 0.910. The Kier molecular flexibility index (Phi) is 5.23. The Labute approximate surface area is 149 Å². The van der Waals surface area contributed by atoms with Crippen LogP contribution in [0.4, 0.5) is 0 Å². The standard InChI is InChI=1S/C20H28N4O/c1-20(21)11-7-6-10-17(20)19(25)23(2)15-18-22-12-13-24(18)14-16-8-4-3-5-9-16/h3-5,8-9,12-13,17H,6-7,10-11,14-15,21H2,1-2H3. The predicted octanol–water partition coefficient (Wildman–Crippen LogP) is 2.80. The van der Waals surface area contributed by atoms with E-state index in [1.165, 1.54) is 5.56 Å². The van der Waals surface area contributed by atoms with Crippen molar-refractivity contribution >= 4 is 5.91 Å². The molecule has 2 unspecified atom stereocenters. The summed E-state index contributed by atoms with van der Waals surface area (Å²) in [6, 6.07) is 10.3. The maximum Gasteiger partial charge on any atom is 0.227 e. The van der Waals surface area contributed by atoms with Crippen LogP contribution in [0.2, 0.25) is 0 Å². The molecule has 1 aliphatic rings. The normalized spacial score (nSPS) is 23.4. The molecule has 0 aliphatic heterocycles. The van der Waals surface area contributed by atoms with Crippen LogP contribution in [0.15, 0.2) is 42.7 Å². The minimum Gasteiger partial charge on any atom is -0.338 e. The largest absolute Gasteiger partial charge is 0.338 e. The Hall–Kier alpha value is -2.14. The summed E-state index contributed by atoms with van der Waals surface area (Å²) in [5.41, 5.74) is 7.22. The van der Waals surface area contributed by atoms with Gasteiger partial charge in [-0.2, -0.15) is 0 Å². The molecule has 1 aromatic carbocycles. The van der Waals surface area contributed by atoms with Crippen LogP contribution in [0.25, 0.3) is 0 Å². The van der Waals surface area contributed by atoms with Crippen LogP contribution < -0.4 is 5.73 Å². The minimum atomic E-state index is -0.400. The zero-order chi connectivity index (χ0) is 17.9. The molecule has 2 aromatic rings. The van der Waals surface area contributed by atoms with Gasteiger partial charge in [0.25, 0.3) is 0 Å². The number of hydrogen-bond acceptors (Lipinski definition) is 3. The van der Waals surface area contributed by atoms with Crippen molar-refractivity contribution in [2.45, 2.75) is 51.2 Å². The number of hydrogen-bond donors (Lipinski definition) is 1. The van der Waals surface area contributed by atoms with Gasteiger partial charge < -0.3 is 15.2 Å². The molecule has 1 heterocycles. The molecule has 1 saturated carbocycles. The van der Waals surface area contributed by atoms with Gasteiger partial charge in [0.2, 0.25) is 5.91 Å². The van der Waals surface area contributed by atoms with Gasteiger partial charge in [-0.15, -0.1) is 0 Å². The van der Waals surface area contributed by atoms with E-state index in [0.29, 0.717) is 6.54 Å². The smallest absolute Gasteiger partial charge is 0.227 e. The number of nitrogens with zero attached hydrogens (tertiary/aromatic N) is 3. The molecule has 1 fully saturated rings. The lowest BCUT2D eigenvalue weighted by molar-refractivity contribution is -0.138. The topological polar surface area (TPSA) is 64.2 Å². The highest BCUT2D eigenvalue weighted by Gasteiger charge is 2.39. The molecule has 134 valence electrons. The van der Waals surface area contributed by atoms with Crippen molar-refractivity contribution in [2.75, 3.05) is 7.05 Å². The molecule has 0 bridgehead atoms. The van der Waals surface area contributed by atoms with Gasteiger partial charge in [0, 0.05) is 31.5 Å². The summed E-state index contributed by atoms with van der Waals surface area (Å²) < 4.78 is 2.10. The zero-order valence-corrected chi connectivity index (χ0v) is 15.2. The molecule has 3 rings (SSSR count). The number of carbonyl (C=O) groups excluding carboxylic acids is 1. The second kappa shape index (κ2) is 7.40. The Morgan fingerprint density at radius 3 is 2.84 bits per heavy atom. The number of amides is 1. The average Bonchev–Trinajstić information content (AvgIpc) is 3.01. The first-order chi connectivity index (χ1) is 12.0. The predicted molar refractivity (Wildman–Crippen MR) is 98.8 cm³/mol. The SMILES string of the molecule is CN(Cc1nccn1Cc1ccccc1)C(=O)C1CCCCC1(C)N. The Balaban J connectivity index is 1.68. The van der Waals surface area contributed by atoms with E-state index in [1.807, 2.05) is 38.4 Å². The molecule has 5 heteroatoms. The van der Waals surface area contributed by atoms with E-state index in [0.717, 1.165) is 38.1 Å². The van der Waals surface area contributed by atoms with E-state index in [9.17, 15) is 4.79 Å². The number of carbonyl (C=O) groups is 1. The average molecular weight is 340 g/mol. The summed E-state index contributed by atoms with van der Waals surface area (Å²) in [5, 5.41) is 0. The highest BCUT2D eigenvalue weighted by atomic mass is 16.2. The van der Waals surface area contributed by atoms with Gasteiger partial charge in [0.15, 0.2) is 0 Å². The molecular weight excluding hydrogens is 312 g/mol. The number of rotatable bonds is 5. The molecule has 1 aliphatic carbocycles. The third-order valence-electron chi connectivity index (χ3n) is 5.30. The van der Waals surface area contributed by atoms with E-state index in [1.54, 1.807) is 11.1 Å². The molecule has 25 heavy (non-hydrogen) atoms. The maximum absolute atomic E-state index is 12.9. The first-order valence-electron chi connectivity index (χ1n) is 9.05. The van der Waals surface area contributed by atoms with Crippen LogP contribution >= 0.6 is 0 Å². The Morgan fingerprint density at radius 2 is 2.12 bits per heavy atom. The fourth-order valence-electron chi connectivity index (χ4n) is 3.74.